The molecule has 3 aromatic heterocycles. The van der Waals surface area contributed by atoms with E-state index in [0.29, 0.717) is 28.0 Å². The van der Waals surface area contributed by atoms with Gasteiger partial charge < -0.3 is 10.1 Å². The molecule has 4 aromatic rings. The number of nitrogens with zero attached hydrogens (tertiary/aromatic N) is 5. The molecule has 11 nitrogen and oxygen atoms in total. The molecule has 0 aliphatic heterocycles. The van der Waals surface area contributed by atoms with E-state index in [0.717, 1.165) is 37.0 Å². The third-order valence-electron chi connectivity index (χ3n) is 6.17. The van der Waals surface area contributed by atoms with Crippen LogP contribution >= 0.6 is 11.3 Å². The Hall–Kier alpha value is -4.19. The molecule has 1 aliphatic carbocycles. The molecule has 1 aliphatic rings. The van der Waals surface area contributed by atoms with Crippen molar-refractivity contribution in [2.45, 2.75) is 38.1 Å². The number of esters is 1. The monoisotopic (exact) mass is 506 g/mol. The van der Waals surface area contributed by atoms with E-state index in [2.05, 4.69) is 15.4 Å². The number of hydrogen-bond donors (Lipinski definition) is 1. The highest BCUT2D eigenvalue weighted by Crippen LogP contribution is 2.33. The minimum atomic E-state index is -0.533. The zero-order valence-electron chi connectivity index (χ0n) is 19.3. The lowest BCUT2D eigenvalue weighted by atomic mass is 9.96. The summed E-state index contributed by atoms with van der Waals surface area (Å²) in [6.07, 6.45) is 7.03. The smallest absolute Gasteiger partial charge is 0.337 e. The van der Waals surface area contributed by atoms with Gasteiger partial charge >= 0.3 is 11.0 Å². The Balaban J connectivity index is 1.56. The second kappa shape index (κ2) is 9.82. The molecule has 1 saturated carbocycles. The number of carbonyl (C=O) groups excluding carboxylic acids is 2. The summed E-state index contributed by atoms with van der Waals surface area (Å²) in [6, 6.07) is 9.57. The number of aromatic nitrogens is 4. The number of rotatable bonds is 6. The van der Waals surface area contributed by atoms with Crippen molar-refractivity contribution in [2.75, 3.05) is 12.4 Å². The van der Waals surface area contributed by atoms with Gasteiger partial charge in [0.2, 0.25) is 0 Å². The summed E-state index contributed by atoms with van der Waals surface area (Å²) in [7, 11) is 1.32. The third-order valence-corrected chi connectivity index (χ3v) is 7.20. The second-order valence-electron chi connectivity index (χ2n) is 8.43. The van der Waals surface area contributed by atoms with Crippen molar-refractivity contribution in [3.8, 4) is 11.4 Å². The predicted molar refractivity (Wildman–Crippen MR) is 133 cm³/mol. The van der Waals surface area contributed by atoms with Crippen LogP contribution in [-0.4, -0.2) is 43.7 Å². The number of benzene rings is 1. The van der Waals surface area contributed by atoms with Crippen LogP contribution in [0.1, 0.15) is 58.2 Å². The number of thiophene rings is 1. The number of methoxy groups -OCH3 is 1. The first kappa shape index (κ1) is 23.5. The molecular formula is C24H22N6O5S. The molecular weight excluding hydrogens is 484 g/mol. The first-order chi connectivity index (χ1) is 17.4. The fourth-order valence-corrected chi connectivity index (χ4v) is 5.05. The average molecular weight is 507 g/mol. The van der Waals surface area contributed by atoms with Crippen molar-refractivity contribution in [1.29, 1.82) is 0 Å². The van der Waals surface area contributed by atoms with Crippen molar-refractivity contribution in [1.82, 2.24) is 19.7 Å². The summed E-state index contributed by atoms with van der Waals surface area (Å²) >= 11 is 0.790. The second-order valence-corrected chi connectivity index (χ2v) is 9.49. The average Bonchev–Trinajstić information content (AvgIpc) is 3.57. The van der Waals surface area contributed by atoms with Gasteiger partial charge in [0.1, 0.15) is 5.82 Å². The lowest BCUT2D eigenvalue weighted by molar-refractivity contribution is -0.380. The number of ether oxygens (including phenoxy) is 1. The van der Waals surface area contributed by atoms with Gasteiger partial charge in [0.05, 0.1) is 40.1 Å². The van der Waals surface area contributed by atoms with E-state index in [1.165, 1.54) is 25.7 Å². The van der Waals surface area contributed by atoms with Gasteiger partial charge in [-0.1, -0.05) is 42.7 Å². The maximum absolute atomic E-state index is 12.9. The van der Waals surface area contributed by atoms with Crippen LogP contribution in [0, 0.1) is 10.1 Å². The lowest BCUT2D eigenvalue weighted by Gasteiger charge is -2.22. The summed E-state index contributed by atoms with van der Waals surface area (Å²) < 4.78 is 6.66. The fraction of sp³-hybridized carbons (Fsp3) is 0.292. The molecule has 12 heteroatoms. The molecule has 1 N–H and O–H groups in total. The topological polar surface area (TPSA) is 142 Å². The van der Waals surface area contributed by atoms with E-state index in [9.17, 15) is 19.7 Å². The van der Waals surface area contributed by atoms with Gasteiger partial charge in [-0.05, 0) is 31.0 Å². The Morgan fingerprint density at radius 1 is 1.11 bits per heavy atom. The Bertz CT molecular complexity index is 1460. The minimum absolute atomic E-state index is 0.121. The van der Waals surface area contributed by atoms with Gasteiger partial charge in [-0.3, -0.25) is 14.9 Å². The number of hydrogen-bond acceptors (Lipinski definition) is 9. The molecule has 0 saturated heterocycles. The molecule has 0 unspecified atom stereocenters. The first-order valence-corrected chi connectivity index (χ1v) is 12.3. The Morgan fingerprint density at radius 3 is 2.53 bits per heavy atom. The highest BCUT2D eigenvalue weighted by Gasteiger charge is 2.23. The van der Waals surface area contributed by atoms with Crippen LogP contribution in [0.2, 0.25) is 0 Å². The number of fused-ring (bicyclic) bond motifs is 1. The number of amides is 1. The highest BCUT2D eigenvalue weighted by molar-refractivity contribution is 7.17. The third kappa shape index (κ3) is 4.54. The molecule has 0 bridgehead atoms. The molecule has 0 radical (unpaired) electrons. The van der Waals surface area contributed by atoms with Crippen molar-refractivity contribution in [3.05, 3.63) is 63.1 Å². The van der Waals surface area contributed by atoms with Crippen molar-refractivity contribution < 1.29 is 19.2 Å². The molecule has 1 amide bonds. The van der Waals surface area contributed by atoms with E-state index in [1.54, 1.807) is 30.5 Å². The van der Waals surface area contributed by atoms with E-state index < -0.39 is 16.8 Å². The SMILES string of the molecule is COC(=O)c1ccc(-c2nc(NC(=O)c3ccc([N+](=O)[O-])s3)c3cnn(C4CCCCC4)c3n2)cc1. The first-order valence-electron chi connectivity index (χ1n) is 11.4. The van der Waals surface area contributed by atoms with E-state index in [4.69, 9.17) is 9.72 Å². The summed E-state index contributed by atoms with van der Waals surface area (Å²) in [4.78, 5) is 44.8. The molecule has 3 heterocycles. The number of nitro groups is 1. The fourth-order valence-electron chi connectivity index (χ4n) is 4.33. The highest BCUT2D eigenvalue weighted by atomic mass is 32.1. The van der Waals surface area contributed by atoms with Crippen LogP contribution < -0.4 is 5.32 Å². The minimum Gasteiger partial charge on any atom is -0.465 e. The summed E-state index contributed by atoms with van der Waals surface area (Å²) in [5.74, 6) is -0.351. The quantitative estimate of drug-likeness (QED) is 0.218. The van der Waals surface area contributed by atoms with Crippen LogP contribution in [0.5, 0.6) is 0 Å². The predicted octanol–water partition coefficient (Wildman–Crippen LogP) is 5.01. The molecule has 1 aromatic carbocycles. The standard InChI is InChI=1S/C24H22N6O5S/c1-35-24(32)15-9-7-14(8-10-15)20-26-21(28-23(31)18-11-12-19(36-18)30(33)34)17-13-25-29(22(17)27-20)16-5-3-2-4-6-16/h7-13,16H,2-6H2,1H3,(H,26,27,28,31). The number of carbonyl (C=O) groups is 2. The van der Waals surface area contributed by atoms with E-state index in [-0.39, 0.29) is 21.7 Å². The molecule has 36 heavy (non-hydrogen) atoms. The van der Waals surface area contributed by atoms with Gasteiger partial charge in [-0.25, -0.2) is 19.4 Å². The van der Waals surface area contributed by atoms with Gasteiger partial charge in [-0.2, -0.15) is 5.10 Å². The number of nitrogens with one attached hydrogen (secondary N) is 1. The van der Waals surface area contributed by atoms with Crippen LogP contribution in [0.15, 0.2) is 42.6 Å². The molecule has 1 fully saturated rings. The van der Waals surface area contributed by atoms with Crippen LogP contribution in [0.4, 0.5) is 10.8 Å². The molecule has 0 spiro atoms. The normalized spacial score (nSPS) is 14.0. The van der Waals surface area contributed by atoms with Gasteiger partial charge in [0.25, 0.3) is 5.91 Å². The van der Waals surface area contributed by atoms with Crippen molar-refractivity contribution in [2.24, 2.45) is 0 Å². The van der Waals surface area contributed by atoms with Crippen LogP contribution in [0.3, 0.4) is 0 Å². The van der Waals surface area contributed by atoms with Gasteiger partial charge in [-0.15, -0.1) is 0 Å². The Morgan fingerprint density at radius 2 is 1.86 bits per heavy atom. The van der Waals surface area contributed by atoms with Crippen LogP contribution in [-0.2, 0) is 4.74 Å². The van der Waals surface area contributed by atoms with Crippen LogP contribution in [0.25, 0.3) is 22.4 Å². The largest absolute Gasteiger partial charge is 0.465 e. The Labute approximate surface area is 209 Å². The van der Waals surface area contributed by atoms with Gasteiger partial charge in [0.15, 0.2) is 11.5 Å². The summed E-state index contributed by atoms with van der Waals surface area (Å²) in [5.41, 5.74) is 1.63. The van der Waals surface area contributed by atoms with Crippen molar-refractivity contribution >= 4 is 45.1 Å². The maximum atomic E-state index is 12.9. The Kier molecular flexibility index (Phi) is 6.42. The van der Waals surface area contributed by atoms with E-state index in [1.807, 2.05) is 4.68 Å². The maximum Gasteiger partial charge on any atom is 0.337 e. The molecule has 184 valence electrons. The van der Waals surface area contributed by atoms with Crippen molar-refractivity contribution in [3.63, 3.8) is 0 Å². The zero-order chi connectivity index (χ0) is 25.2. The van der Waals surface area contributed by atoms with Gasteiger partial charge in [0, 0.05) is 11.6 Å². The summed E-state index contributed by atoms with van der Waals surface area (Å²) in [5, 5.41) is 18.9. The lowest BCUT2D eigenvalue weighted by Crippen LogP contribution is -2.16. The number of anilines is 1. The molecule has 0 atom stereocenters. The van der Waals surface area contributed by atoms with E-state index >= 15 is 0 Å². The summed E-state index contributed by atoms with van der Waals surface area (Å²) in [6.45, 7) is 0. The molecule has 5 rings (SSSR count). The zero-order valence-corrected chi connectivity index (χ0v) is 20.2.